The van der Waals surface area contributed by atoms with Crippen LogP contribution in [-0.4, -0.2) is 113 Å². The van der Waals surface area contributed by atoms with E-state index in [0.29, 0.717) is 65.5 Å². The smallest absolute Gasteiger partial charge is 0.413 e. The summed E-state index contributed by atoms with van der Waals surface area (Å²) < 4.78 is 52.6. The van der Waals surface area contributed by atoms with Crippen molar-refractivity contribution < 1.29 is 90.5 Å². The molecule has 0 radical (unpaired) electrons. The predicted octanol–water partition coefficient (Wildman–Crippen LogP) is 29.7. The normalized spacial score (nSPS) is 10.5. The molecule has 144 heavy (non-hydrogen) atoms. The van der Waals surface area contributed by atoms with Gasteiger partial charge in [-0.15, -0.1) is 0 Å². The highest BCUT2D eigenvalue weighted by molar-refractivity contribution is 6.35. The molecule has 9 aromatic carbocycles. The molecule has 0 heterocycles. The predicted molar refractivity (Wildman–Crippen MR) is 575 cm³/mol. The van der Waals surface area contributed by atoms with Crippen molar-refractivity contribution in [2.75, 3.05) is 59.2 Å². The monoisotopic (exact) mass is 2020 g/mol. The minimum atomic E-state index is -0.769. The van der Waals surface area contributed by atoms with Crippen LogP contribution in [0.15, 0.2) is 231 Å². The van der Waals surface area contributed by atoms with Gasteiger partial charge in [0.15, 0.2) is 17.3 Å². The molecule has 0 atom stereocenters. The first-order valence-electron chi connectivity index (χ1n) is 52.2. The van der Waals surface area contributed by atoms with Crippen LogP contribution in [-0.2, 0) is 49.8 Å². The van der Waals surface area contributed by atoms with Crippen molar-refractivity contribution in [1.82, 2.24) is 26.6 Å². The third-order valence-corrected chi connectivity index (χ3v) is 23.4. The fraction of sp³-hybridized carbons (Fsp3) is 0.466. The molecule has 5 amide bonds. The summed E-state index contributed by atoms with van der Waals surface area (Å²) in [5, 5.41) is 13.2. The minimum Gasteiger partial charge on any atom is -0.494 e. The first kappa shape index (κ1) is 122. The zero-order chi connectivity index (χ0) is 104. The van der Waals surface area contributed by atoms with E-state index in [2.05, 4.69) is 78.5 Å². The number of ether oxygens (including phenoxy) is 10. The van der Waals surface area contributed by atoms with Crippen LogP contribution in [0.2, 0.25) is 10.0 Å². The lowest BCUT2D eigenvalue weighted by atomic mass is 10.0. The standard InChI is InChI=1S/C29H41NO5.C28H39NO4.C27H35Cl2NO4.C19H29NO4.C15H15NO2/c1-2-3-4-5-6-7-8-9-10-12-15-25-18-20-26(21-19-25)33-22-23-34-28(31)24-30-29(32)35-27-16-13-11-14-17-27;1-2-3-4-5-6-7-8-9-10-12-15-24-18-20-25(21-19-24)23-32-27(30)22-29-28(31)33-26-16-13-11-14-17-26;1-2-3-4-5-6-7-8-9-10-11-18-33-23-15-12-21(13-16-23)25(31)20-30-27(32)34-26-17-14-22(28)19-24(26)29;1-3-4-5-6-7-8-14-23-15-13-20-19(22)24-18-11-9-17(10-12-18)16(2)21;1-12-7-9-13(10-8-12)11-16-15(17)18-14-5-3-2-4-6-14/h11,13-14,16-21H,2-10,12,15,22-24H2,1H3,(H,30,32);11,13-14,16-21H,2-10,12,15,22-23H2,1H3,(H,29,31);12-17,19H,2-11,18,20H2,1H3,(H,30,32);9-12H,3-8,13-15H2,1-2H3,(H,20,22);2-10H,11H2,1H3,(H,16,17). The SMILES string of the molecule is CCCCCCCCCCCCOc1ccc(C(=O)CNC(=O)Oc2ccc(Cl)cc2Cl)cc1.CCCCCCCCCCCCc1ccc(COC(=O)CNC(=O)Oc2ccccc2)cc1.CCCCCCCCCCCCc1ccc(OCCOC(=O)CNC(=O)Oc2ccccc2)cc1.CCCCCCCCOCCNC(=O)Oc1ccc(C(C)=O)cc1.Cc1ccc(CNC(=O)Oc2ccccc2)cc1. The van der Waals surface area contributed by atoms with Crippen molar-refractivity contribution in [3.63, 3.8) is 0 Å². The molecule has 0 bridgehead atoms. The number of ketones is 2. The number of nitrogens with one attached hydrogen (secondary N) is 5. The highest BCUT2D eigenvalue weighted by atomic mass is 35.5. The first-order chi connectivity index (χ1) is 70.2. The molecular formula is C118H159Cl2N5O19. The van der Waals surface area contributed by atoms with Crippen molar-refractivity contribution in [2.24, 2.45) is 0 Å². The van der Waals surface area contributed by atoms with E-state index < -0.39 is 42.4 Å². The van der Waals surface area contributed by atoms with Gasteiger partial charge in [0.05, 0.1) is 24.8 Å². The van der Waals surface area contributed by atoms with Gasteiger partial charge in [-0.05, 0) is 190 Å². The molecule has 26 heteroatoms. The largest absolute Gasteiger partial charge is 0.494 e. The van der Waals surface area contributed by atoms with Gasteiger partial charge in [0, 0.05) is 35.8 Å². The van der Waals surface area contributed by atoms with Gasteiger partial charge in [-0.1, -0.05) is 377 Å². The Morgan fingerprint density at radius 2 is 0.632 bits per heavy atom. The van der Waals surface area contributed by atoms with Crippen LogP contribution in [0.1, 0.15) is 314 Å². The highest BCUT2D eigenvalue weighted by Crippen LogP contribution is 2.29. The fourth-order valence-corrected chi connectivity index (χ4v) is 15.0. The molecule has 24 nitrogen and oxygen atoms in total. The molecule has 0 aliphatic heterocycles. The molecule has 0 aromatic heterocycles. The number of unbranched alkanes of at least 4 members (excludes halogenated alkanes) is 32. The van der Waals surface area contributed by atoms with Crippen molar-refractivity contribution in [3.8, 4) is 40.2 Å². The van der Waals surface area contributed by atoms with Crippen LogP contribution >= 0.6 is 23.2 Å². The lowest BCUT2D eigenvalue weighted by molar-refractivity contribution is -0.144. The quantitative estimate of drug-likeness (QED) is 0.0134. The number of hydrogen-bond donors (Lipinski definition) is 5. The summed E-state index contributed by atoms with van der Waals surface area (Å²) in [5.41, 5.74) is 6.88. The molecule has 0 aliphatic carbocycles. The average Bonchev–Trinajstić information content (AvgIpc) is 0.878. The number of para-hydroxylation sites is 3. The van der Waals surface area contributed by atoms with Crippen LogP contribution < -0.4 is 59.7 Å². The molecule has 0 saturated heterocycles. The molecule has 9 aromatic rings. The number of rotatable bonds is 65. The van der Waals surface area contributed by atoms with Crippen molar-refractivity contribution in [1.29, 1.82) is 0 Å². The van der Waals surface area contributed by atoms with Crippen molar-refractivity contribution >= 4 is 77.2 Å². The summed E-state index contributed by atoms with van der Waals surface area (Å²) in [7, 11) is 0. The number of halogens is 2. The van der Waals surface area contributed by atoms with Gasteiger partial charge in [-0.25, -0.2) is 24.0 Å². The van der Waals surface area contributed by atoms with E-state index in [0.717, 1.165) is 54.9 Å². The van der Waals surface area contributed by atoms with Crippen LogP contribution in [0.3, 0.4) is 0 Å². The van der Waals surface area contributed by atoms with E-state index in [1.165, 1.54) is 254 Å². The maximum absolute atomic E-state index is 12.3. The summed E-state index contributed by atoms with van der Waals surface area (Å²) in [6.45, 7) is 15.1. The van der Waals surface area contributed by atoms with E-state index >= 15 is 0 Å². The molecule has 0 fully saturated rings. The van der Waals surface area contributed by atoms with Gasteiger partial charge in [-0.2, -0.15) is 0 Å². The maximum atomic E-state index is 12.3. The van der Waals surface area contributed by atoms with Crippen LogP contribution in [0, 0.1) is 6.92 Å². The highest BCUT2D eigenvalue weighted by Gasteiger charge is 2.16. The molecule has 9 rings (SSSR count). The van der Waals surface area contributed by atoms with Gasteiger partial charge in [0.1, 0.15) is 67.4 Å². The molecule has 0 aliphatic rings. The van der Waals surface area contributed by atoms with Gasteiger partial charge >= 0.3 is 42.4 Å². The molecular weight excluding hydrogens is 1860 g/mol. The maximum Gasteiger partial charge on any atom is 0.413 e. The summed E-state index contributed by atoms with van der Waals surface area (Å²) >= 11 is 11.8. The number of carbonyl (C=O) groups excluding carboxylic acids is 9. The molecule has 0 saturated carbocycles. The number of hydrogen-bond acceptors (Lipinski definition) is 19. The Labute approximate surface area is 866 Å². The average molecular weight is 2020 g/mol. The zero-order valence-electron chi connectivity index (χ0n) is 86.1. The van der Waals surface area contributed by atoms with Gasteiger partial charge in [-0.3, -0.25) is 19.2 Å². The third kappa shape index (κ3) is 63.7. The number of esters is 2. The molecule has 0 unspecified atom stereocenters. The summed E-state index contributed by atoms with van der Waals surface area (Å²) in [4.78, 5) is 106. The topological polar surface area (TPSA) is 306 Å². The number of benzene rings is 9. The third-order valence-electron chi connectivity index (χ3n) is 22.8. The Bertz CT molecular complexity index is 4910. The summed E-state index contributed by atoms with van der Waals surface area (Å²) in [5.74, 6) is 2.11. The van der Waals surface area contributed by atoms with E-state index in [9.17, 15) is 43.2 Å². The Morgan fingerprint density at radius 3 is 1.08 bits per heavy atom. The lowest BCUT2D eigenvalue weighted by Crippen LogP contribution is -2.33. The minimum absolute atomic E-state index is 0.0199. The van der Waals surface area contributed by atoms with Gasteiger partial charge in [0.25, 0.3) is 0 Å². The van der Waals surface area contributed by atoms with Gasteiger partial charge in [0.2, 0.25) is 0 Å². The second kappa shape index (κ2) is 81.1. The van der Waals surface area contributed by atoms with Crippen LogP contribution in [0.25, 0.3) is 0 Å². The summed E-state index contributed by atoms with van der Waals surface area (Å²) in [6, 6.07) is 68.5. The number of Topliss-reactive ketones (excluding diaryl/α,β-unsaturated/α-hetero) is 2. The van der Waals surface area contributed by atoms with Crippen molar-refractivity contribution in [3.05, 3.63) is 280 Å². The van der Waals surface area contributed by atoms with E-state index in [1.807, 2.05) is 85.8 Å². The van der Waals surface area contributed by atoms with E-state index in [4.69, 9.17) is 70.6 Å². The fourth-order valence-electron chi connectivity index (χ4n) is 14.5. The Balaban J connectivity index is 0.000000322. The lowest BCUT2D eigenvalue weighted by Gasteiger charge is -2.09. The van der Waals surface area contributed by atoms with Crippen molar-refractivity contribution in [2.45, 2.75) is 299 Å². The Morgan fingerprint density at radius 1 is 0.285 bits per heavy atom. The Hall–Kier alpha value is -12.3. The molecule has 0 spiro atoms. The second-order valence-corrected chi connectivity index (χ2v) is 36.1. The number of aryl methyl sites for hydroxylation is 3. The van der Waals surface area contributed by atoms with Gasteiger partial charge < -0.3 is 74.0 Å². The van der Waals surface area contributed by atoms with E-state index in [-0.39, 0.29) is 61.8 Å². The number of carbonyl (C=O) groups is 9. The van der Waals surface area contributed by atoms with E-state index in [1.54, 1.807) is 115 Å². The van der Waals surface area contributed by atoms with Crippen LogP contribution in [0.4, 0.5) is 24.0 Å². The second-order valence-electron chi connectivity index (χ2n) is 35.3. The Kier molecular flexibility index (Phi) is 68.8. The summed E-state index contributed by atoms with van der Waals surface area (Å²) in [6.07, 6.45) is 46.2. The molecule has 784 valence electrons. The number of amides is 5. The zero-order valence-corrected chi connectivity index (χ0v) is 87.6. The first-order valence-corrected chi connectivity index (χ1v) is 53.0. The van der Waals surface area contributed by atoms with Crippen LogP contribution in [0.5, 0.6) is 40.2 Å². The molecule has 5 N–H and O–H groups in total.